The van der Waals surface area contributed by atoms with Gasteiger partial charge in [0.25, 0.3) is 0 Å². The Balaban J connectivity index is 2.31. The third kappa shape index (κ3) is 3.25. The van der Waals surface area contributed by atoms with Crippen molar-refractivity contribution in [3.05, 3.63) is 21.9 Å². The zero-order chi connectivity index (χ0) is 14.9. The second-order valence-electron chi connectivity index (χ2n) is 6.87. The van der Waals surface area contributed by atoms with Crippen LogP contribution in [0.25, 0.3) is 0 Å². The van der Waals surface area contributed by atoms with E-state index in [-0.39, 0.29) is 11.5 Å². The first-order valence-corrected chi connectivity index (χ1v) is 8.34. The molecule has 1 saturated heterocycles. The van der Waals surface area contributed by atoms with E-state index in [4.69, 9.17) is 10.5 Å². The van der Waals surface area contributed by atoms with Gasteiger partial charge in [0.15, 0.2) is 0 Å². The predicted octanol–water partition coefficient (Wildman–Crippen LogP) is 3.15. The van der Waals surface area contributed by atoms with Gasteiger partial charge in [-0.1, -0.05) is 20.8 Å². The fourth-order valence-electron chi connectivity index (χ4n) is 2.79. The van der Waals surface area contributed by atoms with Gasteiger partial charge in [-0.25, -0.2) is 0 Å². The van der Waals surface area contributed by atoms with E-state index in [1.807, 2.05) is 11.3 Å². The number of hydrogen-bond donors (Lipinski definition) is 1. The second-order valence-corrected chi connectivity index (χ2v) is 7.99. The van der Waals surface area contributed by atoms with Gasteiger partial charge in [-0.15, -0.1) is 11.3 Å². The van der Waals surface area contributed by atoms with Crippen molar-refractivity contribution < 1.29 is 4.74 Å². The van der Waals surface area contributed by atoms with E-state index in [0.717, 1.165) is 13.2 Å². The summed E-state index contributed by atoms with van der Waals surface area (Å²) in [6.45, 7) is 13.7. The maximum atomic E-state index is 5.94. The van der Waals surface area contributed by atoms with Crippen molar-refractivity contribution in [1.29, 1.82) is 0 Å². The molecule has 1 aliphatic rings. The van der Waals surface area contributed by atoms with Gasteiger partial charge in [0.2, 0.25) is 0 Å². The van der Waals surface area contributed by atoms with Crippen LogP contribution in [0.2, 0.25) is 0 Å². The van der Waals surface area contributed by atoms with Crippen LogP contribution in [0.1, 0.15) is 50.4 Å². The number of hydrogen-bond acceptors (Lipinski definition) is 4. The second kappa shape index (κ2) is 6.14. The molecule has 1 aromatic rings. The van der Waals surface area contributed by atoms with Crippen LogP contribution in [0.3, 0.4) is 0 Å². The number of nitrogens with two attached hydrogens (primary N) is 1. The molecule has 0 spiro atoms. The average molecular weight is 296 g/mol. The number of nitrogens with zero attached hydrogens (tertiary/aromatic N) is 1. The monoisotopic (exact) mass is 296 g/mol. The largest absolute Gasteiger partial charge is 0.374 e. The van der Waals surface area contributed by atoms with Gasteiger partial charge < -0.3 is 10.5 Å². The van der Waals surface area contributed by atoms with E-state index in [1.165, 1.54) is 9.75 Å². The Morgan fingerprint density at radius 3 is 2.60 bits per heavy atom. The molecule has 114 valence electrons. The lowest BCUT2D eigenvalue weighted by Gasteiger charge is -2.42. The van der Waals surface area contributed by atoms with Gasteiger partial charge in [0.1, 0.15) is 0 Å². The standard InChI is InChI=1S/C16H28N2OS/c1-11(2)18-8-9-19-12(10-17)15(18)13-6-7-14(20-13)16(3,4)5/h6-7,11-12,15H,8-10,17H2,1-5H3. The summed E-state index contributed by atoms with van der Waals surface area (Å²) in [6.07, 6.45) is 0.109. The van der Waals surface area contributed by atoms with Gasteiger partial charge in [0, 0.05) is 28.9 Å². The smallest absolute Gasteiger partial charge is 0.0902 e. The highest BCUT2D eigenvalue weighted by Gasteiger charge is 2.35. The summed E-state index contributed by atoms with van der Waals surface area (Å²) in [7, 11) is 0. The fourth-order valence-corrected chi connectivity index (χ4v) is 4.03. The van der Waals surface area contributed by atoms with E-state index in [1.54, 1.807) is 0 Å². The summed E-state index contributed by atoms with van der Waals surface area (Å²) in [6, 6.07) is 5.34. The van der Waals surface area contributed by atoms with Gasteiger partial charge in [0.05, 0.1) is 18.8 Å². The summed E-state index contributed by atoms with van der Waals surface area (Å²) in [4.78, 5) is 5.34. The average Bonchev–Trinajstić information content (AvgIpc) is 2.86. The Labute approximate surface area is 127 Å². The molecule has 1 fully saturated rings. The third-order valence-electron chi connectivity index (χ3n) is 3.94. The maximum absolute atomic E-state index is 5.94. The topological polar surface area (TPSA) is 38.5 Å². The van der Waals surface area contributed by atoms with Crippen LogP contribution in [0.4, 0.5) is 0 Å². The lowest BCUT2D eigenvalue weighted by molar-refractivity contribution is -0.0777. The Kier molecular flexibility index (Phi) is 4.90. The Hall–Kier alpha value is -0.420. The minimum atomic E-state index is 0.109. The first kappa shape index (κ1) is 16.0. The van der Waals surface area contributed by atoms with Gasteiger partial charge in [-0.3, -0.25) is 4.90 Å². The van der Waals surface area contributed by atoms with Crippen molar-refractivity contribution in [2.45, 2.75) is 58.2 Å². The lowest BCUT2D eigenvalue weighted by atomic mass is 9.95. The van der Waals surface area contributed by atoms with Crippen LogP contribution < -0.4 is 5.73 Å². The Morgan fingerprint density at radius 2 is 2.10 bits per heavy atom. The molecule has 2 heterocycles. The molecule has 2 N–H and O–H groups in total. The molecule has 0 saturated carbocycles. The molecule has 0 aliphatic carbocycles. The molecule has 0 amide bonds. The van der Waals surface area contributed by atoms with E-state index < -0.39 is 0 Å². The summed E-state index contributed by atoms with van der Waals surface area (Å²) in [5.74, 6) is 0. The van der Waals surface area contributed by atoms with Crippen LogP contribution in [0, 0.1) is 0 Å². The molecular weight excluding hydrogens is 268 g/mol. The molecule has 0 aromatic carbocycles. The number of rotatable bonds is 3. The maximum Gasteiger partial charge on any atom is 0.0902 e. The molecule has 0 bridgehead atoms. The first-order valence-electron chi connectivity index (χ1n) is 7.52. The van der Waals surface area contributed by atoms with Gasteiger partial charge >= 0.3 is 0 Å². The molecule has 4 heteroatoms. The van der Waals surface area contributed by atoms with Crippen molar-refractivity contribution in [3.63, 3.8) is 0 Å². The number of ether oxygens (including phenoxy) is 1. The highest BCUT2D eigenvalue weighted by atomic mass is 32.1. The molecule has 3 nitrogen and oxygen atoms in total. The molecule has 2 atom stereocenters. The normalized spacial score (nSPS) is 25.4. The summed E-state index contributed by atoms with van der Waals surface area (Å²) in [5.41, 5.74) is 6.15. The molecule has 20 heavy (non-hydrogen) atoms. The fraction of sp³-hybridized carbons (Fsp3) is 0.750. The molecule has 0 radical (unpaired) electrons. The quantitative estimate of drug-likeness (QED) is 0.931. The van der Waals surface area contributed by atoms with Crippen LogP contribution in [-0.4, -0.2) is 36.7 Å². The van der Waals surface area contributed by atoms with Crippen LogP contribution in [-0.2, 0) is 10.2 Å². The molecule has 2 unspecified atom stereocenters. The highest BCUT2D eigenvalue weighted by Crippen LogP contribution is 2.38. The van der Waals surface area contributed by atoms with Gasteiger partial charge in [-0.2, -0.15) is 0 Å². The van der Waals surface area contributed by atoms with Crippen LogP contribution in [0.15, 0.2) is 12.1 Å². The molecule has 2 rings (SSSR count). The molecule has 1 aromatic heterocycles. The van der Waals surface area contributed by atoms with E-state index in [2.05, 4.69) is 51.7 Å². The predicted molar refractivity (Wildman–Crippen MR) is 86.4 cm³/mol. The zero-order valence-corrected chi connectivity index (χ0v) is 14.2. The van der Waals surface area contributed by atoms with Crippen molar-refractivity contribution in [1.82, 2.24) is 4.90 Å². The number of morpholine rings is 1. The molecule has 1 aliphatic heterocycles. The highest BCUT2D eigenvalue weighted by molar-refractivity contribution is 7.12. The summed E-state index contributed by atoms with van der Waals surface area (Å²) >= 11 is 1.91. The zero-order valence-electron chi connectivity index (χ0n) is 13.3. The lowest BCUT2D eigenvalue weighted by Crippen LogP contribution is -2.50. The summed E-state index contributed by atoms with van der Waals surface area (Å²) < 4.78 is 5.91. The van der Waals surface area contributed by atoms with Crippen molar-refractivity contribution in [2.75, 3.05) is 19.7 Å². The SMILES string of the molecule is CC(C)N1CCOC(CN)C1c1ccc(C(C)(C)C)s1. The van der Waals surface area contributed by atoms with E-state index in [9.17, 15) is 0 Å². The van der Waals surface area contributed by atoms with Crippen molar-refractivity contribution in [2.24, 2.45) is 5.73 Å². The summed E-state index contributed by atoms with van der Waals surface area (Å²) in [5, 5.41) is 0. The van der Waals surface area contributed by atoms with Gasteiger partial charge in [-0.05, 0) is 31.4 Å². The third-order valence-corrected chi connectivity index (χ3v) is 5.53. The first-order chi connectivity index (χ1) is 9.34. The minimum absolute atomic E-state index is 0.109. The molecular formula is C16H28N2OS. The van der Waals surface area contributed by atoms with E-state index >= 15 is 0 Å². The van der Waals surface area contributed by atoms with Crippen LogP contribution in [0.5, 0.6) is 0 Å². The van der Waals surface area contributed by atoms with Crippen molar-refractivity contribution >= 4 is 11.3 Å². The van der Waals surface area contributed by atoms with E-state index in [0.29, 0.717) is 18.6 Å². The Bertz CT molecular complexity index is 436. The number of thiophene rings is 1. The van der Waals surface area contributed by atoms with Crippen LogP contribution >= 0.6 is 11.3 Å². The Morgan fingerprint density at radius 1 is 1.40 bits per heavy atom. The van der Waals surface area contributed by atoms with Crippen molar-refractivity contribution in [3.8, 4) is 0 Å². The minimum Gasteiger partial charge on any atom is -0.374 e.